The fourth-order valence-electron chi connectivity index (χ4n) is 2.62. The van der Waals surface area contributed by atoms with Gasteiger partial charge in [0.25, 0.3) is 0 Å². The van der Waals surface area contributed by atoms with E-state index in [2.05, 4.69) is 75.6 Å². The van der Waals surface area contributed by atoms with Crippen molar-refractivity contribution in [2.24, 2.45) is 0 Å². The van der Waals surface area contributed by atoms with Crippen LogP contribution in [-0.4, -0.2) is 12.5 Å². The molecule has 0 saturated carbocycles. The fraction of sp³-hybridized carbons (Fsp3) is 0.833. The van der Waals surface area contributed by atoms with E-state index in [0.717, 1.165) is 21.1 Å². The summed E-state index contributed by atoms with van der Waals surface area (Å²) in [7, 11) is -1.41. The maximum Gasteiger partial charge on any atom is 0.145 e. The van der Waals surface area contributed by atoms with E-state index in [4.69, 9.17) is 0 Å². The molecule has 0 unspecified atom stereocenters. The third kappa shape index (κ3) is 3.00. The molecule has 0 heterocycles. The Morgan fingerprint density at radius 2 is 1.29 bits per heavy atom. The molecular weight excluding hydrogens is 299 g/mol. The predicted molar refractivity (Wildman–Crippen MR) is 77.7 cm³/mol. The number of halogens is 1. The van der Waals surface area contributed by atoms with Crippen LogP contribution in [0.5, 0.6) is 0 Å². The molecule has 82 valence electrons. The summed E-state index contributed by atoms with van der Waals surface area (Å²) in [6.07, 6.45) is 0. The summed E-state index contributed by atoms with van der Waals surface area (Å²) >= 11 is 2.35. The molecule has 0 N–H and O–H groups in total. The maximum atomic E-state index is 3.66. The maximum absolute atomic E-state index is 3.66. The summed E-state index contributed by atoms with van der Waals surface area (Å²) < 4.78 is 0.971. The van der Waals surface area contributed by atoms with Gasteiger partial charge in [-0.2, -0.15) is 0 Å². The van der Waals surface area contributed by atoms with E-state index >= 15 is 0 Å². The van der Waals surface area contributed by atoms with Crippen molar-refractivity contribution >= 4 is 30.7 Å². The molecular formula is C12H23ISi. The van der Waals surface area contributed by atoms with Gasteiger partial charge in [-0.25, -0.2) is 0 Å². The largest absolute Gasteiger partial charge is 0.145 e. The Kier molecular flexibility index (Phi) is 6.39. The number of hydrogen-bond donors (Lipinski definition) is 0. The van der Waals surface area contributed by atoms with Gasteiger partial charge in [0.1, 0.15) is 8.07 Å². The minimum atomic E-state index is -1.41. The van der Waals surface area contributed by atoms with E-state index in [1.165, 1.54) is 0 Å². The third-order valence-corrected chi connectivity index (χ3v) is 9.96. The van der Waals surface area contributed by atoms with Crippen molar-refractivity contribution in [3.63, 3.8) is 0 Å². The van der Waals surface area contributed by atoms with Crippen LogP contribution in [0.4, 0.5) is 0 Å². The zero-order chi connectivity index (χ0) is 11.4. The molecule has 14 heavy (non-hydrogen) atoms. The molecule has 0 atom stereocenters. The Morgan fingerprint density at radius 3 is 1.50 bits per heavy atom. The van der Waals surface area contributed by atoms with Gasteiger partial charge in [0, 0.05) is 0 Å². The lowest BCUT2D eigenvalue weighted by Gasteiger charge is -2.38. The van der Waals surface area contributed by atoms with Gasteiger partial charge in [-0.05, 0) is 16.6 Å². The first kappa shape index (κ1) is 14.5. The highest BCUT2D eigenvalue weighted by molar-refractivity contribution is 14.1. The molecule has 0 spiro atoms. The first-order valence-corrected chi connectivity index (χ1v) is 9.21. The van der Waals surface area contributed by atoms with Crippen LogP contribution in [-0.2, 0) is 0 Å². The van der Waals surface area contributed by atoms with Gasteiger partial charge in [-0.15, -0.1) is 5.54 Å². The molecule has 0 aliphatic heterocycles. The van der Waals surface area contributed by atoms with Crippen LogP contribution in [0, 0.1) is 11.5 Å². The lowest BCUT2D eigenvalue weighted by atomic mass is 10.5. The molecule has 0 bridgehead atoms. The lowest BCUT2D eigenvalue weighted by Crippen LogP contribution is -2.43. The standard InChI is InChI=1S/C12H23ISi/c1-10(2)14(11(3)4,12(5)6)9-7-8-13/h10-12H,8H2,1-6H3. The average Bonchev–Trinajstić information content (AvgIpc) is 2.03. The van der Waals surface area contributed by atoms with Crippen LogP contribution in [0.15, 0.2) is 0 Å². The summed E-state index contributed by atoms with van der Waals surface area (Å²) in [5.74, 6) is 3.33. The van der Waals surface area contributed by atoms with Gasteiger partial charge in [0.05, 0.1) is 4.43 Å². The van der Waals surface area contributed by atoms with E-state index in [9.17, 15) is 0 Å². The highest BCUT2D eigenvalue weighted by Crippen LogP contribution is 2.40. The van der Waals surface area contributed by atoms with Gasteiger partial charge in [0.15, 0.2) is 0 Å². The van der Waals surface area contributed by atoms with E-state index in [0.29, 0.717) is 0 Å². The van der Waals surface area contributed by atoms with E-state index in [1.807, 2.05) is 0 Å². The van der Waals surface area contributed by atoms with Crippen molar-refractivity contribution < 1.29 is 0 Å². The SMILES string of the molecule is CC(C)[Si](C#CCI)(C(C)C)C(C)C. The van der Waals surface area contributed by atoms with Gasteiger partial charge >= 0.3 is 0 Å². The lowest BCUT2D eigenvalue weighted by molar-refractivity contribution is 0.838. The van der Waals surface area contributed by atoms with Crippen molar-refractivity contribution in [2.45, 2.75) is 58.2 Å². The summed E-state index contributed by atoms with van der Waals surface area (Å²) in [6.45, 7) is 14.1. The Morgan fingerprint density at radius 1 is 0.929 bits per heavy atom. The van der Waals surface area contributed by atoms with Crippen molar-refractivity contribution in [3.8, 4) is 11.5 Å². The van der Waals surface area contributed by atoms with Crippen LogP contribution in [0.2, 0.25) is 16.6 Å². The molecule has 0 saturated heterocycles. The van der Waals surface area contributed by atoms with Gasteiger partial charge < -0.3 is 0 Å². The Balaban J connectivity index is 5.16. The zero-order valence-corrected chi connectivity index (χ0v) is 13.5. The molecule has 0 aromatic heterocycles. The van der Waals surface area contributed by atoms with Crippen LogP contribution < -0.4 is 0 Å². The molecule has 0 aliphatic rings. The number of alkyl halides is 1. The highest BCUT2D eigenvalue weighted by atomic mass is 127. The van der Waals surface area contributed by atoms with Crippen LogP contribution >= 0.6 is 22.6 Å². The Hall–Kier alpha value is 0.507. The second-order valence-electron chi connectivity index (χ2n) is 4.83. The molecule has 0 aliphatic carbocycles. The fourth-order valence-corrected chi connectivity index (χ4v) is 8.43. The van der Waals surface area contributed by atoms with E-state index in [1.54, 1.807) is 0 Å². The van der Waals surface area contributed by atoms with Crippen molar-refractivity contribution in [2.75, 3.05) is 4.43 Å². The first-order chi connectivity index (χ1) is 6.39. The predicted octanol–water partition coefficient (Wildman–Crippen LogP) is 4.64. The van der Waals surface area contributed by atoms with Gasteiger partial charge in [-0.1, -0.05) is 70.1 Å². The summed E-state index contributed by atoms with van der Waals surface area (Å²) in [5, 5.41) is 0. The third-order valence-electron chi connectivity index (χ3n) is 3.24. The monoisotopic (exact) mass is 322 g/mol. The molecule has 0 fully saturated rings. The van der Waals surface area contributed by atoms with Crippen molar-refractivity contribution in [1.29, 1.82) is 0 Å². The van der Waals surface area contributed by atoms with E-state index in [-0.39, 0.29) is 0 Å². The minimum Gasteiger partial charge on any atom is -0.130 e. The second kappa shape index (κ2) is 6.17. The smallest absolute Gasteiger partial charge is 0.130 e. The molecule has 0 aromatic carbocycles. The number of hydrogen-bond acceptors (Lipinski definition) is 0. The molecule has 0 aromatic rings. The van der Waals surface area contributed by atoms with Crippen molar-refractivity contribution in [1.82, 2.24) is 0 Å². The topological polar surface area (TPSA) is 0 Å². The van der Waals surface area contributed by atoms with Crippen LogP contribution in [0.25, 0.3) is 0 Å². The second-order valence-corrected chi connectivity index (χ2v) is 11.2. The van der Waals surface area contributed by atoms with Gasteiger partial charge in [-0.3, -0.25) is 0 Å². The Labute approximate surface area is 104 Å². The molecule has 0 amide bonds. The van der Waals surface area contributed by atoms with Crippen LogP contribution in [0.3, 0.4) is 0 Å². The molecule has 0 rings (SSSR count). The van der Waals surface area contributed by atoms with Crippen LogP contribution in [0.1, 0.15) is 41.5 Å². The summed E-state index contributed by atoms with van der Waals surface area (Å²) in [5.41, 5.74) is 5.95. The molecule has 0 nitrogen and oxygen atoms in total. The summed E-state index contributed by atoms with van der Waals surface area (Å²) in [6, 6.07) is 0. The average molecular weight is 322 g/mol. The molecule has 2 heteroatoms. The highest BCUT2D eigenvalue weighted by Gasteiger charge is 2.41. The quantitative estimate of drug-likeness (QED) is 0.307. The zero-order valence-electron chi connectivity index (χ0n) is 10.3. The Bertz CT molecular complexity index is 198. The first-order valence-electron chi connectivity index (χ1n) is 5.45. The van der Waals surface area contributed by atoms with E-state index < -0.39 is 8.07 Å². The summed E-state index contributed by atoms with van der Waals surface area (Å²) in [4.78, 5) is 0. The van der Waals surface area contributed by atoms with Gasteiger partial charge in [0.2, 0.25) is 0 Å². The van der Waals surface area contributed by atoms with Crippen molar-refractivity contribution in [3.05, 3.63) is 0 Å². The normalized spacial score (nSPS) is 12.1. The molecule has 0 radical (unpaired) electrons. The number of rotatable bonds is 3. The minimum absolute atomic E-state index is 0.762.